The highest BCUT2D eigenvalue weighted by Gasteiger charge is 2.23. The summed E-state index contributed by atoms with van der Waals surface area (Å²) < 4.78 is 10.4. The van der Waals surface area contributed by atoms with Crippen molar-refractivity contribution < 1.29 is 14.3 Å². The second-order valence-electron chi connectivity index (χ2n) is 6.37. The first-order valence-corrected chi connectivity index (χ1v) is 8.76. The van der Waals surface area contributed by atoms with Crippen LogP contribution in [0.25, 0.3) is 0 Å². The fourth-order valence-electron chi connectivity index (χ4n) is 3.14. The monoisotopic (exact) mass is 355 g/mol. The van der Waals surface area contributed by atoms with Gasteiger partial charge in [0.15, 0.2) is 0 Å². The van der Waals surface area contributed by atoms with Gasteiger partial charge in [0.2, 0.25) is 0 Å². The second kappa shape index (κ2) is 8.47. The van der Waals surface area contributed by atoms with E-state index in [2.05, 4.69) is 27.7 Å². The maximum absolute atomic E-state index is 12.1. The average molecular weight is 355 g/mol. The molecule has 6 nitrogen and oxygen atoms in total. The van der Waals surface area contributed by atoms with E-state index in [9.17, 15) is 4.79 Å². The minimum atomic E-state index is -0.193. The van der Waals surface area contributed by atoms with Crippen LogP contribution in [0, 0.1) is 5.92 Å². The van der Waals surface area contributed by atoms with Crippen molar-refractivity contribution in [3.63, 3.8) is 0 Å². The molecule has 2 N–H and O–H groups in total. The van der Waals surface area contributed by atoms with Crippen LogP contribution in [0.5, 0.6) is 11.5 Å². The van der Waals surface area contributed by atoms with Crippen LogP contribution in [0.2, 0.25) is 0 Å². The number of nitrogens with zero attached hydrogens (tertiary/aromatic N) is 1. The SMILES string of the molecule is COc1ccc(N2CC[C@@H](CNC(=O)Nc3cccc(OC)c3)C2)cc1. The zero-order chi connectivity index (χ0) is 18.4. The van der Waals surface area contributed by atoms with E-state index in [1.54, 1.807) is 20.3 Å². The number of anilines is 2. The molecule has 138 valence electrons. The molecule has 3 rings (SSSR count). The van der Waals surface area contributed by atoms with Crippen LogP contribution in [0.3, 0.4) is 0 Å². The molecule has 0 bridgehead atoms. The molecule has 2 aromatic carbocycles. The van der Waals surface area contributed by atoms with E-state index in [1.807, 2.05) is 30.3 Å². The Bertz CT molecular complexity index is 733. The van der Waals surface area contributed by atoms with Gasteiger partial charge in [-0.3, -0.25) is 0 Å². The van der Waals surface area contributed by atoms with Crippen LogP contribution >= 0.6 is 0 Å². The lowest BCUT2D eigenvalue weighted by Gasteiger charge is -2.19. The Morgan fingerprint density at radius 2 is 1.88 bits per heavy atom. The highest BCUT2D eigenvalue weighted by atomic mass is 16.5. The van der Waals surface area contributed by atoms with Crippen molar-refractivity contribution in [1.82, 2.24) is 5.32 Å². The van der Waals surface area contributed by atoms with E-state index >= 15 is 0 Å². The summed E-state index contributed by atoms with van der Waals surface area (Å²) in [6, 6.07) is 15.2. The number of hydrogen-bond donors (Lipinski definition) is 2. The average Bonchev–Trinajstić information content (AvgIpc) is 3.15. The van der Waals surface area contributed by atoms with Crippen LogP contribution < -0.4 is 25.0 Å². The molecule has 0 saturated carbocycles. The van der Waals surface area contributed by atoms with Crippen LogP contribution in [0.4, 0.5) is 16.2 Å². The summed E-state index contributed by atoms with van der Waals surface area (Å²) in [5, 5.41) is 5.80. The van der Waals surface area contributed by atoms with E-state index in [-0.39, 0.29) is 6.03 Å². The molecule has 6 heteroatoms. The second-order valence-corrected chi connectivity index (χ2v) is 6.37. The lowest BCUT2D eigenvalue weighted by atomic mass is 10.1. The molecule has 26 heavy (non-hydrogen) atoms. The Morgan fingerprint density at radius 1 is 1.12 bits per heavy atom. The third-order valence-corrected chi connectivity index (χ3v) is 4.60. The van der Waals surface area contributed by atoms with Crippen LogP contribution in [-0.4, -0.2) is 39.9 Å². The van der Waals surface area contributed by atoms with Crippen LogP contribution in [-0.2, 0) is 0 Å². The molecule has 1 aliphatic rings. The number of benzene rings is 2. The van der Waals surface area contributed by atoms with Gasteiger partial charge in [-0.25, -0.2) is 4.79 Å². The van der Waals surface area contributed by atoms with Gasteiger partial charge in [0.25, 0.3) is 0 Å². The molecule has 0 aliphatic carbocycles. The lowest BCUT2D eigenvalue weighted by Crippen LogP contribution is -2.34. The van der Waals surface area contributed by atoms with Gasteiger partial charge in [0.1, 0.15) is 11.5 Å². The van der Waals surface area contributed by atoms with Crippen LogP contribution in [0.1, 0.15) is 6.42 Å². The van der Waals surface area contributed by atoms with E-state index in [0.717, 1.165) is 25.3 Å². The van der Waals surface area contributed by atoms with E-state index in [1.165, 1.54) is 5.69 Å². The number of nitrogens with one attached hydrogen (secondary N) is 2. The van der Waals surface area contributed by atoms with Crippen molar-refractivity contribution in [2.75, 3.05) is 44.1 Å². The van der Waals surface area contributed by atoms with Gasteiger partial charge in [0, 0.05) is 37.1 Å². The largest absolute Gasteiger partial charge is 0.497 e. The molecule has 2 aromatic rings. The number of ether oxygens (including phenoxy) is 2. The van der Waals surface area contributed by atoms with Crippen LogP contribution in [0.15, 0.2) is 48.5 Å². The summed E-state index contributed by atoms with van der Waals surface area (Å²) in [7, 11) is 3.27. The topological polar surface area (TPSA) is 62.8 Å². The molecule has 0 aromatic heterocycles. The van der Waals surface area contributed by atoms with Crippen molar-refractivity contribution in [2.45, 2.75) is 6.42 Å². The highest BCUT2D eigenvalue weighted by Crippen LogP contribution is 2.25. The molecular weight excluding hydrogens is 330 g/mol. The smallest absolute Gasteiger partial charge is 0.319 e. The molecule has 1 heterocycles. The van der Waals surface area contributed by atoms with Gasteiger partial charge >= 0.3 is 6.03 Å². The Morgan fingerprint density at radius 3 is 2.62 bits per heavy atom. The van der Waals surface area contributed by atoms with Gasteiger partial charge in [-0.15, -0.1) is 0 Å². The Balaban J connectivity index is 1.45. The molecule has 1 fully saturated rings. The van der Waals surface area contributed by atoms with Crippen molar-refractivity contribution in [3.05, 3.63) is 48.5 Å². The number of carbonyl (C=O) groups excluding carboxylic acids is 1. The number of urea groups is 1. The van der Waals surface area contributed by atoms with Gasteiger partial charge in [-0.1, -0.05) is 6.07 Å². The third kappa shape index (κ3) is 4.59. The third-order valence-electron chi connectivity index (χ3n) is 4.60. The van der Waals surface area contributed by atoms with Gasteiger partial charge in [-0.05, 0) is 48.7 Å². The first-order valence-electron chi connectivity index (χ1n) is 8.76. The first kappa shape index (κ1) is 17.9. The number of hydrogen-bond acceptors (Lipinski definition) is 4. The molecule has 0 radical (unpaired) electrons. The van der Waals surface area contributed by atoms with Gasteiger partial charge in [-0.2, -0.15) is 0 Å². The maximum Gasteiger partial charge on any atom is 0.319 e. The Kier molecular flexibility index (Phi) is 5.84. The predicted molar refractivity (Wildman–Crippen MR) is 103 cm³/mol. The number of amides is 2. The van der Waals surface area contributed by atoms with Crippen molar-refractivity contribution in [2.24, 2.45) is 5.92 Å². The minimum Gasteiger partial charge on any atom is -0.497 e. The number of carbonyl (C=O) groups is 1. The summed E-state index contributed by atoms with van der Waals surface area (Å²) in [6.07, 6.45) is 1.06. The normalized spacial score (nSPS) is 16.2. The molecular formula is C20H25N3O3. The minimum absolute atomic E-state index is 0.193. The molecule has 0 spiro atoms. The van der Waals surface area contributed by atoms with E-state index < -0.39 is 0 Å². The summed E-state index contributed by atoms with van der Waals surface area (Å²) >= 11 is 0. The summed E-state index contributed by atoms with van der Waals surface area (Å²) in [6.45, 7) is 2.59. The number of methoxy groups -OCH3 is 2. The van der Waals surface area contributed by atoms with Crippen molar-refractivity contribution >= 4 is 17.4 Å². The van der Waals surface area contributed by atoms with Gasteiger partial charge in [0.05, 0.1) is 14.2 Å². The lowest BCUT2D eigenvalue weighted by molar-refractivity contribution is 0.250. The first-order chi connectivity index (χ1) is 12.7. The summed E-state index contributed by atoms with van der Waals surface area (Å²) in [5.74, 6) is 2.02. The fourth-order valence-corrected chi connectivity index (χ4v) is 3.14. The summed E-state index contributed by atoms with van der Waals surface area (Å²) in [5.41, 5.74) is 1.90. The maximum atomic E-state index is 12.1. The zero-order valence-electron chi connectivity index (χ0n) is 15.2. The highest BCUT2D eigenvalue weighted by molar-refractivity contribution is 5.89. The molecule has 0 unspecified atom stereocenters. The molecule has 1 atom stereocenters. The standard InChI is InChI=1S/C20H25N3O3/c1-25-18-8-6-17(7-9-18)23-11-10-15(14-23)13-21-20(24)22-16-4-3-5-19(12-16)26-2/h3-9,12,15H,10-11,13-14H2,1-2H3,(H2,21,22,24)/t15-/m0/s1. The van der Waals surface area contributed by atoms with E-state index in [0.29, 0.717) is 23.9 Å². The fraction of sp³-hybridized carbons (Fsp3) is 0.350. The quantitative estimate of drug-likeness (QED) is 0.834. The molecule has 2 amide bonds. The molecule has 1 aliphatic heterocycles. The Labute approximate surface area is 154 Å². The summed E-state index contributed by atoms with van der Waals surface area (Å²) in [4.78, 5) is 14.4. The van der Waals surface area contributed by atoms with Crippen molar-refractivity contribution in [1.29, 1.82) is 0 Å². The number of rotatable bonds is 6. The van der Waals surface area contributed by atoms with Gasteiger partial charge < -0.3 is 25.0 Å². The van der Waals surface area contributed by atoms with Crippen molar-refractivity contribution in [3.8, 4) is 11.5 Å². The Hall–Kier alpha value is -2.89. The van der Waals surface area contributed by atoms with E-state index in [4.69, 9.17) is 9.47 Å². The zero-order valence-corrected chi connectivity index (χ0v) is 15.2. The predicted octanol–water partition coefficient (Wildman–Crippen LogP) is 3.35. The molecule has 1 saturated heterocycles.